The minimum Gasteiger partial charge on any atom is -0.504 e. The Balaban J connectivity index is 1.71. The van der Waals surface area contributed by atoms with Crippen molar-refractivity contribution in [2.75, 3.05) is 14.2 Å². The summed E-state index contributed by atoms with van der Waals surface area (Å²) < 4.78 is 10.3. The SMILES string of the molecule is COc1ccc(CC2(O)C=C(O)C(O)=CC2C(=O)C2C=C(O)C(O)=CC2(O)Cc2ccc(OC)cc2)cc1. The topological polar surface area (TPSA) is 157 Å². The number of benzene rings is 2. The van der Waals surface area contributed by atoms with Crippen LogP contribution >= 0.6 is 0 Å². The maximum absolute atomic E-state index is 14.0. The number of ether oxygens (including phenoxy) is 2. The lowest BCUT2D eigenvalue weighted by Crippen LogP contribution is -2.52. The molecule has 38 heavy (non-hydrogen) atoms. The number of carbonyl (C=O) groups is 1. The molecular formula is C29H30O9. The second kappa shape index (κ2) is 10.3. The molecule has 9 nitrogen and oxygen atoms in total. The summed E-state index contributed by atoms with van der Waals surface area (Å²) in [5.74, 6) is -4.83. The van der Waals surface area contributed by atoms with Crippen molar-refractivity contribution in [1.82, 2.24) is 0 Å². The maximum atomic E-state index is 14.0. The first-order valence-corrected chi connectivity index (χ1v) is 11.9. The average Bonchev–Trinajstić information content (AvgIpc) is 2.89. The van der Waals surface area contributed by atoms with Crippen LogP contribution in [0.5, 0.6) is 11.5 Å². The molecule has 200 valence electrons. The van der Waals surface area contributed by atoms with E-state index in [0.717, 1.165) is 24.3 Å². The lowest BCUT2D eigenvalue weighted by molar-refractivity contribution is -0.135. The fourth-order valence-corrected chi connectivity index (χ4v) is 4.89. The van der Waals surface area contributed by atoms with Gasteiger partial charge in [0.05, 0.1) is 26.1 Å². The molecule has 4 unspecified atom stereocenters. The first-order valence-electron chi connectivity index (χ1n) is 11.9. The first kappa shape index (κ1) is 26.8. The molecule has 4 atom stereocenters. The van der Waals surface area contributed by atoms with Crippen molar-refractivity contribution in [3.8, 4) is 11.5 Å². The van der Waals surface area contributed by atoms with Gasteiger partial charge in [-0.25, -0.2) is 0 Å². The van der Waals surface area contributed by atoms with E-state index in [1.165, 1.54) is 14.2 Å². The van der Waals surface area contributed by atoms with E-state index in [2.05, 4.69) is 0 Å². The first-order chi connectivity index (χ1) is 18.0. The Hall–Kier alpha value is -4.21. The molecule has 6 N–H and O–H groups in total. The zero-order valence-electron chi connectivity index (χ0n) is 20.9. The van der Waals surface area contributed by atoms with Gasteiger partial charge in [-0.15, -0.1) is 0 Å². The lowest BCUT2D eigenvalue weighted by Gasteiger charge is -2.40. The number of hydrogen-bond donors (Lipinski definition) is 6. The Labute approximate surface area is 219 Å². The lowest BCUT2D eigenvalue weighted by atomic mass is 9.68. The summed E-state index contributed by atoms with van der Waals surface area (Å²) in [4.78, 5) is 14.0. The number of rotatable bonds is 8. The highest BCUT2D eigenvalue weighted by Crippen LogP contribution is 2.41. The minimum absolute atomic E-state index is 0.123. The summed E-state index contributed by atoms with van der Waals surface area (Å²) >= 11 is 0. The van der Waals surface area contributed by atoms with E-state index in [4.69, 9.17) is 9.47 Å². The van der Waals surface area contributed by atoms with Crippen molar-refractivity contribution < 1.29 is 44.9 Å². The Kier molecular flexibility index (Phi) is 7.26. The Bertz CT molecular complexity index is 1220. The van der Waals surface area contributed by atoms with Gasteiger partial charge in [0.2, 0.25) is 0 Å². The van der Waals surface area contributed by atoms with Gasteiger partial charge in [0.15, 0.2) is 28.8 Å². The zero-order chi connectivity index (χ0) is 27.7. The Morgan fingerprint density at radius 2 is 1.00 bits per heavy atom. The molecule has 0 aromatic heterocycles. The number of Topliss-reactive ketones (excluding diaryl/α,β-unsaturated/α-hetero) is 1. The molecule has 2 aliphatic carbocycles. The van der Waals surface area contributed by atoms with Crippen molar-refractivity contribution in [2.24, 2.45) is 11.8 Å². The van der Waals surface area contributed by atoms with Crippen molar-refractivity contribution in [1.29, 1.82) is 0 Å². The van der Waals surface area contributed by atoms with Gasteiger partial charge in [-0.2, -0.15) is 0 Å². The zero-order valence-corrected chi connectivity index (χ0v) is 20.9. The van der Waals surface area contributed by atoms with Crippen LogP contribution in [0.2, 0.25) is 0 Å². The molecule has 2 aromatic carbocycles. The highest BCUT2D eigenvalue weighted by atomic mass is 16.5. The molecule has 0 spiro atoms. The molecule has 2 aliphatic rings. The van der Waals surface area contributed by atoms with Crippen LogP contribution in [0, 0.1) is 11.8 Å². The van der Waals surface area contributed by atoms with Crippen molar-refractivity contribution in [3.63, 3.8) is 0 Å². The fraction of sp³-hybridized carbons (Fsp3) is 0.276. The van der Waals surface area contributed by atoms with E-state index in [1.54, 1.807) is 48.5 Å². The minimum atomic E-state index is -1.99. The third-order valence-electron chi connectivity index (χ3n) is 6.93. The molecule has 0 amide bonds. The second-order valence-electron chi connectivity index (χ2n) is 9.55. The smallest absolute Gasteiger partial charge is 0.155 e. The Morgan fingerprint density at radius 3 is 1.32 bits per heavy atom. The average molecular weight is 523 g/mol. The van der Waals surface area contributed by atoms with Crippen LogP contribution < -0.4 is 9.47 Å². The molecule has 0 radical (unpaired) electrons. The molecular weight excluding hydrogens is 492 g/mol. The van der Waals surface area contributed by atoms with Crippen LogP contribution in [0.15, 0.2) is 95.9 Å². The third-order valence-corrected chi connectivity index (χ3v) is 6.93. The highest BCUT2D eigenvalue weighted by Gasteiger charge is 2.50. The number of ketones is 1. The monoisotopic (exact) mass is 522 g/mol. The summed E-state index contributed by atoms with van der Waals surface area (Å²) in [5, 5.41) is 64.2. The molecule has 0 saturated heterocycles. The van der Waals surface area contributed by atoms with Gasteiger partial charge >= 0.3 is 0 Å². The van der Waals surface area contributed by atoms with Gasteiger partial charge in [-0.05, 0) is 59.7 Å². The molecule has 0 bridgehead atoms. The van der Waals surface area contributed by atoms with Gasteiger partial charge in [0.1, 0.15) is 22.7 Å². The number of methoxy groups -OCH3 is 2. The normalized spacial score (nSPS) is 26.9. The number of aliphatic hydroxyl groups is 6. The van der Waals surface area contributed by atoms with Crippen LogP contribution in [-0.4, -0.2) is 61.8 Å². The highest BCUT2D eigenvalue weighted by molar-refractivity contribution is 5.90. The molecule has 2 aromatic rings. The molecule has 0 fully saturated rings. The number of aliphatic hydroxyl groups excluding tert-OH is 4. The van der Waals surface area contributed by atoms with Gasteiger partial charge in [-0.1, -0.05) is 24.3 Å². The fourth-order valence-electron chi connectivity index (χ4n) is 4.89. The standard InChI is InChI=1S/C29H30O9/c1-37-19-7-3-17(4-8-19)13-28(35)15-25(32)23(30)11-21(28)27(34)22-12-24(31)26(33)16-29(22,36)14-18-5-9-20(38-2)10-6-18/h3-12,15-16,21-22,30-33,35-36H,13-14H2,1-2H3. The number of carbonyl (C=O) groups excluding carboxylic acids is 1. The van der Waals surface area contributed by atoms with Gasteiger partial charge < -0.3 is 40.1 Å². The predicted molar refractivity (Wildman–Crippen MR) is 138 cm³/mol. The van der Waals surface area contributed by atoms with Crippen LogP contribution in [-0.2, 0) is 17.6 Å². The van der Waals surface area contributed by atoms with Crippen LogP contribution in [0.3, 0.4) is 0 Å². The van der Waals surface area contributed by atoms with E-state index in [9.17, 15) is 35.4 Å². The Morgan fingerprint density at radius 1 is 0.658 bits per heavy atom. The van der Waals surface area contributed by atoms with E-state index < -0.39 is 51.9 Å². The predicted octanol–water partition coefficient (Wildman–Crippen LogP) is 3.55. The summed E-state index contributed by atoms with van der Waals surface area (Å²) in [6.45, 7) is 0. The van der Waals surface area contributed by atoms with Gasteiger partial charge in [0.25, 0.3) is 0 Å². The van der Waals surface area contributed by atoms with Crippen LogP contribution in [0.1, 0.15) is 11.1 Å². The van der Waals surface area contributed by atoms with Crippen LogP contribution in [0.4, 0.5) is 0 Å². The van der Waals surface area contributed by atoms with E-state index >= 15 is 0 Å². The molecule has 4 rings (SSSR count). The summed E-state index contributed by atoms with van der Waals surface area (Å²) in [7, 11) is 3.03. The molecule has 0 aliphatic heterocycles. The molecule has 0 heterocycles. The van der Waals surface area contributed by atoms with Crippen molar-refractivity contribution in [3.05, 3.63) is 107 Å². The van der Waals surface area contributed by atoms with E-state index in [0.29, 0.717) is 22.6 Å². The second-order valence-corrected chi connectivity index (χ2v) is 9.55. The quantitative estimate of drug-likeness (QED) is 0.305. The maximum Gasteiger partial charge on any atom is 0.155 e. The van der Waals surface area contributed by atoms with Crippen molar-refractivity contribution >= 4 is 5.78 Å². The molecule has 0 saturated carbocycles. The largest absolute Gasteiger partial charge is 0.504 e. The summed E-state index contributed by atoms with van der Waals surface area (Å²) in [5.41, 5.74) is -2.76. The number of hydrogen-bond acceptors (Lipinski definition) is 9. The van der Waals surface area contributed by atoms with E-state index in [-0.39, 0.29) is 12.8 Å². The summed E-state index contributed by atoms with van der Waals surface area (Å²) in [6, 6.07) is 13.5. The summed E-state index contributed by atoms with van der Waals surface area (Å²) in [6.07, 6.45) is 3.80. The van der Waals surface area contributed by atoms with Gasteiger partial charge in [0, 0.05) is 12.8 Å². The van der Waals surface area contributed by atoms with E-state index in [1.807, 2.05) is 0 Å². The molecule has 9 heteroatoms. The van der Waals surface area contributed by atoms with Gasteiger partial charge in [-0.3, -0.25) is 4.79 Å². The van der Waals surface area contributed by atoms with Crippen molar-refractivity contribution in [2.45, 2.75) is 24.0 Å². The van der Waals surface area contributed by atoms with Crippen LogP contribution in [0.25, 0.3) is 0 Å². The third kappa shape index (κ3) is 5.25.